The summed E-state index contributed by atoms with van der Waals surface area (Å²) in [6.45, 7) is 4.80. The van der Waals surface area contributed by atoms with Crippen LogP contribution in [0.1, 0.15) is 10.4 Å². The second-order valence-corrected chi connectivity index (χ2v) is 4.70. The quantitative estimate of drug-likeness (QED) is 0.845. The Morgan fingerprint density at radius 2 is 2.28 bits per heavy atom. The van der Waals surface area contributed by atoms with Crippen LogP contribution in [0.3, 0.4) is 0 Å². The first-order chi connectivity index (χ1) is 8.79. The first kappa shape index (κ1) is 12.7. The van der Waals surface area contributed by atoms with Gasteiger partial charge >= 0.3 is 0 Å². The SMILES string of the molecule is C=CCOc1ccc(C(=O)NC2=NCCS2)cc1. The lowest BCUT2D eigenvalue weighted by Crippen LogP contribution is -2.27. The van der Waals surface area contributed by atoms with Crippen LogP contribution >= 0.6 is 11.8 Å². The Bertz CT molecular complexity index is 468. The molecule has 2 rings (SSSR count). The van der Waals surface area contributed by atoms with E-state index < -0.39 is 0 Å². The number of benzene rings is 1. The van der Waals surface area contributed by atoms with Crippen molar-refractivity contribution in [3.63, 3.8) is 0 Å². The van der Waals surface area contributed by atoms with E-state index in [2.05, 4.69) is 16.9 Å². The number of hydrogen-bond donors (Lipinski definition) is 1. The molecule has 18 heavy (non-hydrogen) atoms. The molecule has 1 aliphatic heterocycles. The normalized spacial score (nSPS) is 13.9. The van der Waals surface area contributed by atoms with E-state index >= 15 is 0 Å². The van der Waals surface area contributed by atoms with Gasteiger partial charge in [0.1, 0.15) is 12.4 Å². The maximum atomic E-state index is 11.9. The van der Waals surface area contributed by atoms with Crippen molar-refractivity contribution >= 4 is 22.8 Å². The zero-order valence-corrected chi connectivity index (χ0v) is 10.7. The Labute approximate surface area is 110 Å². The molecule has 0 atom stereocenters. The lowest BCUT2D eigenvalue weighted by atomic mass is 10.2. The second kappa shape index (κ2) is 6.26. The number of nitrogens with one attached hydrogen (secondary N) is 1. The molecule has 5 heteroatoms. The average Bonchev–Trinajstić information content (AvgIpc) is 2.89. The number of aliphatic imine (C=N–C) groups is 1. The highest BCUT2D eigenvalue weighted by Gasteiger charge is 2.12. The first-order valence-corrected chi connectivity index (χ1v) is 6.60. The molecule has 0 unspecified atom stereocenters. The van der Waals surface area contributed by atoms with Crippen molar-refractivity contribution in [3.8, 4) is 5.75 Å². The minimum absolute atomic E-state index is 0.140. The van der Waals surface area contributed by atoms with Crippen LogP contribution in [0.2, 0.25) is 0 Å². The molecule has 4 nitrogen and oxygen atoms in total. The fraction of sp³-hybridized carbons (Fsp3) is 0.231. The number of carbonyl (C=O) groups is 1. The fourth-order valence-corrected chi connectivity index (χ4v) is 2.16. The van der Waals surface area contributed by atoms with Crippen LogP contribution in [0.4, 0.5) is 0 Å². The average molecular weight is 262 g/mol. The van der Waals surface area contributed by atoms with Crippen molar-refractivity contribution in [2.45, 2.75) is 0 Å². The van der Waals surface area contributed by atoms with Gasteiger partial charge in [0, 0.05) is 11.3 Å². The molecule has 1 N–H and O–H groups in total. The summed E-state index contributed by atoms with van der Waals surface area (Å²) in [4.78, 5) is 16.0. The molecule has 0 fully saturated rings. The summed E-state index contributed by atoms with van der Waals surface area (Å²) in [5.74, 6) is 1.52. The van der Waals surface area contributed by atoms with Crippen LogP contribution in [0.15, 0.2) is 41.9 Å². The molecule has 1 aliphatic rings. The number of rotatable bonds is 4. The fourth-order valence-electron chi connectivity index (χ4n) is 1.44. The van der Waals surface area contributed by atoms with E-state index in [1.165, 1.54) is 0 Å². The molecular formula is C13H14N2O2S. The van der Waals surface area contributed by atoms with Crippen molar-refractivity contribution < 1.29 is 9.53 Å². The Kier molecular flexibility index (Phi) is 4.41. The standard InChI is InChI=1S/C13H14N2O2S/c1-2-8-17-11-5-3-10(4-6-11)12(16)15-13-14-7-9-18-13/h2-6H,1,7-9H2,(H,14,15,16). The van der Waals surface area contributed by atoms with Gasteiger partial charge in [-0.15, -0.1) is 0 Å². The van der Waals surface area contributed by atoms with Gasteiger partial charge in [-0.05, 0) is 24.3 Å². The maximum absolute atomic E-state index is 11.9. The lowest BCUT2D eigenvalue weighted by Gasteiger charge is -2.06. The van der Waals surface area contributed by atoms with Crippen molar-refractivity contribution in [2.24, 2.45) is 4.99 Å². The number of nitrogens with zero attached hydrogens (tertiary/aromatic N) is 1. The van der Waals surface area contributed by atoms with E-state index in [-0.39, 0.29) is 5.91 Å². The number of hydrogen-bond acceptors (Lipinski definition) is 4. The maximum Gasteiger partial charge on any atom is 0.257 e. The van der Waals surface area contributed by atoms with Crippen molar-refractivity contribution in [2.75, 3.05) is 18.9 Å². The first-order valence-electron chi connectivity index (χ1n) is 5.62. The topological polar surface area (TPSA) is 50.7 Å². The summed E-state index contributed by atoms with van der Waals surface area (Å²) in [6, 6.07) is 6.99. The third-order valence-corrected chi connectivity index (χ3v) is 3.18. The van der Waals surface area contributed by atoms with Crippen molar-refractivity contribution in [1.82, 2.24) is 5.32 Å². The summed E-state index contributed by atoms with van der Waals surface area (Å²) in [5.41, 5.74) is 0.594. The Morgan fingerprint density at radius 3 is 2.89 bits per heavy atom. The molecule has 1 aromatic carbocycles. The predicted molar refractivity (Wildman–Crippen MR) is 74.4 cm³/mol. The molecule has 1 aromatic rings. The van der Waals surface area contributed by atoms with Crippen LogP contribution in [0, 0.1) is 0 Å². The Balaban J connectivity index is 1.95. The van der Waals surface area contributed by atoms with Crippen molar-refractivity contribution in [1.29, 1.82) is 0 Å². The van der Waals surface area contributed by atoms with E-state index in [0.29, 0.717) is 17.3 Å². The number of amides is 1. The van der Waals surface area contributed by atoms with Gasteiger partial charge in [-0.1, -0.05) is 24.4 Å². The monoisotopic (exact) mass is 262 g/mol. The number of carbonyl (C=O) groups excluding carboxylic acids is 1. The van der Waals surface area contributed by atoms with Crippen LogP contribution < -0.4 is 10.1 Å². The molecule has 1 amide bonds. The highest BCUT2D eigenvalue weighted by Crippen LogP contribution is 2.13. The van der Waals surface area contributed by atoms with Crippen LogP contribution in [0.5, 0.6) is 5.75 Å². The van der Waals surface area contributed by atoms with Gasteiger partial charge in [0.25, 0.3) is 5.91 Å². The molecule has 0 radical (unpaired) electrons. The van der Waals surface area contributed by atoms with E-state index in [9.17, 15) is 4.79 Å². The number of ether oxygens (including phenoxy) is 1. The van der Waals surface area contributed by atoms with Crippen LogP contribution in [-0.2, 0) is 0 Å². The Morgan fingerprint density at radius 1 is 1.50 bits per heavy atom. The predicted octanol–water partition coefficient (Wildman–Crippen LogP) is 2.08. The number of amidine groups is 1. The summed E-state index contributed by atoms with van der Waals surface area (Å²) in [7, 11) is 0. The highest BCUT2D eigenvalue weighted by atomic mass is 32.2. The van der Waals surface area contributed by atoms with Crippen LogP contribution in [0.25, 0.3) is 0 Å². The van der Waals surface area contributed by atoms with Gasteiger partial charge in [-0.3, -0.25) is 9.79 Å². The van der Waals surface area contributed by atoms with Gasteiger partial charge < -0.3 is 10.1 Å². The lowest BCUT2D eigenvalue weighted by molar-refractivity contribution is 0.0978. The summed E-state index contributed by atoms with van der Waals surface area (Å²) in [5, 5.41) is 3.48. The van der Waals surface area contributed by atoms with E-state index in [0.717, 1.165) is 18.0 Å². The zero-order chi connectivity index (χ0) is 12.8. The molecule has 0 saturated heterocycles. The minimum Gasteiger partial charge on any atom is -0.490 e. The Hall–Kier alpha value is -1.75. The van der Waals surface area contributed by atoms with Gasteiger partial charge in [0.05, 0.1) is 6.54 Å². The molecule has 0 aromatic heterocycles. The van der Waals surface area contributed by atoms with E-state index in [4.69, 9.17) is 4.74 Å². The number of thioether (sulfide) groups is 1. The van der Waals surface area contributed by atoms with Gasteiger partial charge in [0.15, 0.2) is 5.17 Å². The van der Waals surface area contributed by atoms with E-state index in [1.807, 2.05) is 0 Å². The van der Waals surface area contributed by atoms with Crippen LogP contribution in [-0.4, -0.2) is 30.0 Å². The third-order valence-electron chi connectivity index (χ3n) is 2.29. The third kappa shape index (κ3) is 3.37. The molecule has 0 bridgehead atoms. The molecule has 0 spiro atoms. The summed E-state index contributed by atoms with van der Waals surface area (Å²) >= 11 is 1.56. The van der Waals surface area contributed by atoms with E-state index in [1.54, 1.807) is 42.1 Å². The zero-order valence-electron chi connectivity index (χ0n) is 9.89. The minimum atomic E-state index is -0.140. The molecule has 0 aliphatic carbocycles. The van der Waals surface area contributed by atoms with Gasteiger partial charge in [0.2, 0.25) is 0 Å². The van der Waals surface area contributed by atoms with Gasteiger partial charge in [-0.25, -0.2) is 0 Å². The molecule has 1 heterocycles. The largest absolute Gasteiger partial charge is 0.490 e. The smallest absolute Gasteiger partial charge is 0.257 e. The molecule has 94 valence electrons. The van der Waals surface area contributed by atoms with Crippen molar-refractivity contribution in [3.05, 3.63) is 42.5 Å². The highest BCUT2D eigenvalue weighted by molar-refractivity contribution is 8.14. The molecule has 0 saturated carbocycles. The molecular weight excluding hydrogens is 248 g/mol. The summed E-state index contributed by atoms with van der Waals surface area (Å²) in [6.07, 6.45) is 1.68. The second-order valence-electron chi connectivity index (χ2n) is 3.61. The summed E-state index contributed by atoms with van der Waals surface area (Å²) < 4.78 is 5.35. The van der Waals surface area contributed by atoms with Gasteiger partial charge in [-0.2, -0.15) is 0 Å².